The molecule has 0 saturated carbocycles. The molecule has 0 aliphatic carbocycles. The number of Topliss-reactive ketones (excluding diaryl/α,β-unsaturated/α-hetero) is 2. The number of hydrogen-bond donors (Lipinski definition) is 3. The molecular weight excluding hydrogens is 391 g/mol. The summed E-state index contributed by atoms with van der Waals surface area (Å²) in [7, 11) is -2.87. The fourth-order valence-corrected chi connectivity index (χ4v) is 2.76. The third-order valence-electron chi connectivity index (χ3n) is 4.23. The Hall–Kier alpha value is -2.40. The molecule has 0 unspecified atom stereocenters. The second-order valence-corrected chi connectivity index (χ2v) is 9.20. The van der Waals surface area contributed by atoms with E-state index in [0.717, 1.165) is 0 Å². The van der Waals surface area contributed by atoms with Crippen LogP contribution in [0.2, 0.25) is 0 Å². The molecule has 2 aromatic carbocycles. The van der Waals surface area contributed by atoms with Crippen LogP contribution in [0.1, 0.15) is 73.4 Å². The highest BCUT2D eigenvalue weighted by Gasteiger charge is 2.29. The van der Waals surface area contributed by atoms with Gasteiger partial charge in [0.05, 0.1) is 0 Å². The van der Waals surface area contributed by atoms with Gasteiger partial charge in [0.2, 0.25) is 11.6 Å². The molecule has 0 spiro atoms. The molecule has 0 heterocycles. The zero-order valence-electron chi connectivity index (χ0n) is 17.6. The van der Waals surface area contributed by atoms with Crippen LogP contribution in [0.5, 0.6) is 5.75 Å². The molecular formula is C22H28O6P+. The standard InChI is InChI=1S/C22H26O3.HO3P/c1-21(2,3)16-12-15(13-17(20(16)25)22(4,5)6)19(24)18(23)14-10-8-7-9-11-14;1-4(2)3/h7-13,25H,1-6H3;(H-,1,2,3)/p+1. The van der Waals surface area contributed by atoms with Gasteiger partial charge in [-0.1, -0.05) is 71.9 Å². The third kappa shape index (κ3) is 6.86. The summed E-state index contributed by atoms with van der Waals surface area (Å²) < 4.78 is 8.70. The van der Waals surface area contributed by atoms with E-state index < -0.39 is 19.8 Å². The lowest BCUT2D eigenvalue weighted by molar-refractivity contribution is 0.0816. The van der Waals surface area contributed by atoms with Crippen molar-refractivity contribution in [2.75, 3.05) is 0 Å². The number of phenols is 1. The molecule has 3 N–H and O–H groups in total. The Labute approximate surface area is 172 Å². The van der Waals surface area contributed by atoms with E-state index in [1.165, 1.54) is 0 Å². The van der Waals surface area contributed by atoms with Crippen LogP contribution < -0.4 is 0 Å². The van der Waals surface area contributed by atoms with E-state index in [-0.39, 0.29) is 16.6 Å². The summed E-state index contributed by atoms with van der Waals surface area (Å²) in [6.45, 7) is 11.8. The van der Waals surface area contributed by atoms with Gasteiger partial charge >= 0.3 is 8.25 Å². The largest absolute Gasteiger partial charge is 0.692 e. The Bertz CT molecular complexity index is 866. The molecule has 0 bridgehead atoms. The highest BCUT2D eigenvalue weighted by molar-refractivity contribution is 7.30. The Balaban J connectivity index is 0.000000960. The van der Waals surface area contributed by atoms with Gasteiger partial charge in [-0.05, 0) is 23.0 Å². The molecule has 0 aliphatic heterocycles. The number of carbonyl (C=O) groups is 2. The topological polar surface area (TPSA) is 112 Å². The first-order valence-electron chi connectivity index (χ1n) is 9.03. The summed E-state index contributed by atoms with van der Waals surface area (Å²) in [5.74, 6) is -0.892. The monoisotopic (exact) mass is 419 g/mol. The molecule has 0 aromatic heterocycles. The van der Waals surface area contributed by atoms with Crippen molar-refractivity contribution in [2.45, 2.75) is 52.4 Å². The molecule has 2 rings (SSSR count). The molecule has 0 atom stereocenters. The predicted octanol–water partition coefficient (Wildman–Crippen LogP) is 4.68. The molecule has 0 saturated heterocycles. The molecule has 7 heteroatoms. The van der Waals surface area contributed by atoms with Crippen LogP contribution in [-0.4, -0.2) is 26.5 Å². The van der Waals surface area contributed by atoms with Crippen LogP contribution in [0.15, 0.2) is 42.5 Å². The first kappa shape index (κ1) is 24.6. The van der Waals surface area contributed by atoms with Crippen molar-refractivity contribution < 1.29 is 29.0 Å². The maximum atomic E-state index is 12.8. The van der Waals surface area contributed by atoms with E-state index in [0.29, 0.717) is 22.3 Å². The molecule has 0 radical (unpaired) electrons. The molecule has 0 fully saturated rings. The highest BCUT2D eigenvalue weighted by Crippen LogP contribution is 2.40. The first-order valence-corrected chi connectivity index (χ1v) is 10.2. The Morgan fingerprint density at radius 2 is 1.10 bits per heavy atom. The number of aromatic hydroxyl groups is 1. The lowest BCUT2D eigenvalue weighted by Crippen LogP contribution is -2.21. The van der Waals surface area contributed by atoms with Gasteiger partial charge in [-0.2, -0.15) is 0 Å². The van der Waals surface area contributed by atoms with Crippen molar-refractivity contribution in [1.82, 2.24) is 0 Å². The van der Waals surface area contributed by atoms with Crippen molar-refractivity contribution in [1.29, 1.82) is 0 Å². The van der Waals surface area contributed by atoms with Crippen LogP contribution in [0.25, 0.3) is 0 Å². The zero-order chi connectivity index (χ0) is 22.6. The van der Waals surface area contributed by atoms with Gasteiger partial charge in [-0.25, -0.2) is 0 Å². The molecule has 6 nitrogen and oxygen atoms in total. The number of phenolic OH excluding ortho intramolecular Hbond substituents is 1. The molecule has 2 aromatic rings. The average molecular weight is 419 g/mol. The van der Waals surface area contributed by atoms with E-state index in [1.54, 1.807) is 42.5 Å². The van der Waals surface area contributed by atoms with Gasteiger partial charge in [-0.15, -0.1) is 9.79 Å². The van der Waals surface area contributed by atoms with Crippen molar-refractivity contribution in [3.63, 3.8) is 0 Å². The summed E-state index contributed by atoms with van der Waals surface area (Å²) in [6.07, 6.45) is 0. The van der Waals surface area contributed by atoms with Crippen LogP contribution in [-0.2, 0) is 15.4 Å². The number of benzene rings is 2. The van der Waals surface area contributed by atoms with Gasteiger partial charge in [0.25, 0.3) is 0 Å². The van der Waals surface area contributed by atoms with Crippen molar-refractivity contribution in [3.05, 3.63) is 64.7 Å². The Morgan fingerprint density at radius 1 is 0.759 bits per heavy atom. The normalized spacial score (nSPS) is 11.3. The second-order valence-electron chi connectivity index (χ2n) is 8.70. The summed E-state index contributed by atoms with van der Waals surface area (Å²) in [4.78, 5) is 39.6. The van der Waals surface area contributed by atoms with Gasteiger partial charge in [0.1, 0.15) is 5.75 Å². The van der Waals surface area contributed by atoms with E-state index in [2.05, 4.69) is 0 Å². The van der Waals surface area contributed by atoms with Crippen molar-refractivity contribution >= 4 is 19.8 Å². The fraction of sp³-hybridized carbons (Fsp3) is 0.364. The summed E-state index contributed by atoms with van der Waals surface area (Å²) in [5, 5.41) is 10.7. The summed E-state index contributed by atoms with van der Waals surface area (Å²) >= 11 is 0. The summed E-state index contributed by atoms with van der Waals surface area (Å²) in [5.41, 5.74) is 1.33. The number of hydrogen-bond acceptors (Lipinski definition) is 4. The third-order valence-corrected chi connectivity index (χ3v) is 4.23. The molecule has 29 heavy (non-hydrogen) atoms. The van der Waals surface area contributed by atoms with Crippen LogP contribution in [0.3, 0.4) is 0 Å². The molecule has 0 aliphatic rings. The van der Waals surface area contributed by atoms with Gasteiger partial charge in [0.15, 0.2) is 0 Å². The minimum atomic E-state index is -2.87. The lowest BCUT2D eigenvalue weighted by Gasteiger charge is -2.28. The van der Waals surface area contributed by atoms with Crippen molar-refractivity contribution in [3.8, 4) is 5.75 Å². The van der Waals surface area contributed by atoms with Gasteiger partial charge < -0.3 is 5.11 Å². The second kappa shape index (κ2) is 9.40. The van der Waals surface area contributed by atoms with Gasteiger partial charge in [0, 0.05) is 26.8 Å². The van der Waals surface area contributed by atoms with Crippen LogP contribution >= 0.6 is 8.25 Å². The SMILES string of the molecule is CC(C)(C)c1cc(C(=O)C(=O)c2ccccc2)cc(C(C)(C)C)c1O.O=[P+](O)O. The average Bonchev–Trinajstić information content (AvgIpc) is 2.59. The molecule has 156 valence electrons. The molecule has 0 amide bonds. The Morgan fingerprint density at radius 3 is 1.45 bits per heavy atom. The lowest BCUT2D eigenvalue weighted by atomic mass is 9.77. The minimum Gasteiger partial charge on any atom is -0.507 e. The summed E-state index contributed by atoms with van der Waals surface area (Å²) in [6, 6.07) is 11.8. The number of rotatable bonds is 3. The van der Waals surface area contributed by atoms with Crippen LogP contribution in [0, 0.1) is 0 Å². The maximum absolute atomic E-state index is 12.8. The van der Waals surface area contributed by atoms with E-state index >= 15 is 0 Å². The smallest absolute Gasteiger partial charge is 0.507 e. The van der Waals surface area contributed by atoms with E-state index in [9.17, 15) is 14.7 Å². The zero-order valence-corrected chi connectivity index (χ0v) is 18.4. The fourth-order valence-electron chi connectivity index (χ4n) is 2.76. The minimum absolute atomic E-state index is 0.198. The first-order chi connectivity index (χ1) is 13.2. The number of ketones is 2. The van der Waals surface area contributed by atoms with Gasteiger partial charge in [-0.3, -0.25) is 9.59 Å². The Kier molecular flexibility index (Phi) is 7.98. The quantitative estimate of drug-likeness (QED) is 0.378. The van der Waals surface area contributed by atoms with E-state index in [4.69, 9.17) is 14.4 Å². The number of carbonyl (C=O) groups excluding carboxylic acids is 2. The highest BCUT2D eigenvalue weighted by atomic mass is 31.1. The van der Waals surface area contributed by atoms with Crippen molar-refractivity contribution in [2.24, 2.45) is 0 Å². The predicted molar refractivity (Wildman–Crippen MR) is 113 cm³/mol. The van der Waals surface area contributed by atoms with Crippen LogP contribution in [0.4, 0.5) is 0 Å². The maximum Gasteiger partial charge on any atom is 0.692 e. The van der Waals surface area contributed by atoms with E-state index in [1.807, 2.05) is 41.5 Å².